The van der Waals surface area contributed by atoms with Gasteiger partial charge in [0.15, 0.2) is 0 Å². The predicted molar refractivity (Wildman–Crippen MR) is 77.1 cm³/mol. The number of rotatable bonds is 5. The Balaban J connectivity index is 2.16. The van der Waals surface area contributed by atoms with E-state index in [0.29, 0.717) is 6.04 Å². The molecule has 18 heavy (non-hydrogen) atoms. The van der Waals surface area contributed by atoms with Crippen LogP contribution in [0.2, 0.25) is 0 Å². The van der Waals surface area contributed by atoms with Crippen molar-refractivity contribution in [3.8, 4) is 0 Å². The van der Waals surface area contributed by atoms with Gasteiger partial charge in [-0.15, -0.1) is 11.3 Å². The zero-order valence-corrected chi connectivity index (χ0v) is 12.3. The number of nitrogens with zero attached hydrogens (tertiary/aromatic N) is 2. The van der Waals surface area contributed by atoms with E-state index in [9.17, 15) is 0 Å². The summed E-state index contributed by atoms with van der Waals surface area (Å²) >= 11 is 1.91. The molecule has 0 saturated heterocycles. The SMILES string of the molecule is CCc1ccc(CC(NC)c2cc(C)nn2C)s1. The van der Waals surface area contributed by atoms with Crippen LogP contribution in [0.1, 0.15) is 34.1 Å². The van der Waals surface area contributed by atoms with Gasteiger partial charge in [-0.3, -0.25) is 4.68 Å². The first-order valence-electron chi connectivity index (χ1n) is 6.39. The highest BCUT2D eigenvalue weighted by Crippen LogP contribution is 2.24. The van der Waals surface area contributed by atoms with Crippen LogP contribution in [0.5, 0.6) is 0 Å². The minimum atomic E-state index is 0.333. The smallest absolute Gasteiger partial charge is 0.0597 e. The second-order valence-electron chi connectivity index (χ2n) is 4.60. The molecule has 1 atom stereocenters. The Hall–Kier alpha value is -1.13. The average molecular weight is 263 g/mol. The lowest BCUT2D eigenvalue weighted by Gasteiger charge is -2.15. The van der Waals surface area contributed by atoms with Gasteiger partial charge in [-0.25, -0.2) is 0 Å². The fourth-order valence-corrected chi connectivity index (χ4v) is 3.24. The molecule has 2 aromatic heterocycles. The molecule has 0 saturated carbocycles. The van der Waals surface area contributed by atoms with Crippen molar-refractivity contribution in [2.45, 2.75) is 32.7 Å². The van der Waals surface area contributed by atoms with E-state index < -0.39 is 0 Å². The lowest BCUT2D eigenvalue weighted by atomic mass is 10.1. The maximum Gasteiger partial charge on any atom is 0.0597 e. The number of hydrogen-bond acceptors (Lipinski definition) is 3. The number of hydrogen-bond donors (Lipinski definition) is 1. The van der Waals surface area contributed by atoms with Crippen molar-refractivity contribution in [3.63, 3.8) is 0 Å². The third-order valence-corrected chi connectivity index (χ3v) is 4.47. The Morgan fingerprint density at radius 1 is 1.39 bits per heavy atom. The lowest BCUT2D eigenvalue weighted by Crippen LogP contribution is -2.21. The van der Waals surface area contributed by atoms with Crippen molar-refractivity contribution >= 4 is 11.3 Å². The van der Waals surface area contributed by atoms with Gasteiger partial charge in [-0.05, 0) is 38.6 Å². The molecule has 0 bridgehead atoms. The molecule has 0 aliphatic carbocycles. The third kappa shape index (κ3) is 2.82. The molecule has 0 spiro atoms. The van der Waals surface area contributed by atoms with Gasteiger partial charge < -0.3 is 5.32 Å². The molecule has 1 unspecified atom stereocenters. The summed E-state index contributed by atoms with van der Waals surface area (Å²) in [6.07, 6.45) is 2.15. The van der Waals surface area contributed by atoms with Gasteiger partial charge in [0.1, 0.15) is 0 Å². The quantitative estimate of drug-likeness (QED) is 0.899. The molecule has 4 heteroatoms. The molecule has 0 fully saturated rings. The lowest BCUT2D eigenvalue weighted by molar-refractivity contribution is 0.540. The maximum absolute atomic E-state index is 4.42. The van der Waals surface area contributed by atoms with Gasteiger partial charge >= 0.3 is 0 Å². The minimum Gasteiger partial charge on any atom is -0.311 e. The largest absolute Gasteiger partial charge is 0.311 e. The van der Waals surface area contributed by atoms with Gasteiger partial charge in [0.25, 0.3) is 0 Å². The van der Waals surface area contributed by atoms with Gasteiger partial charge in [-0.1, -0.05) is 6.92 Å². The molecular weight excluding hydrogens is 242 g/mol. The molecule has 0 radical (unpaired) electrons. The number of nitrogens with one attached hydrogen (secondary N) is 1. The average Bonchev–Trinajstić information content (AvgIpc) is 2.92. The molecule has 0 aromatic carbocycles. The number of aryl methyl sites for hydroxylation is 3. The van der Waals surface area contributed by atoms with Gasteiger partial charge in [0, 0.05) is 23.2 Å². The van der Waals surface area contributed by atoms with E-state index in [4.69, 9.17) is 0 Å². The fourth-order valence-electron chi connectivity index (χ4n) is 2.23. The topological polar surface area (TPSA) is 29.9 Å². The van der Waals surface area contributed by atoms with Crippen molar-refractivity contribution in [1.82, 2.24) is 15.1 Å². The van der Waals surface area contributed by atoms with Crippen LogP contribution in [-0.2, 0) is 19.9 Å². The molecule has 98 valence electrons. The zero-order valence-electron chi connectivity index (χ0n) is 11.5. The Morgan fingerprint density at radius 3 is 2.61 bits per heavy atom. The normalized spacial score (nSPS) is 12.9. The Morgan fingerprint density at radius 2 is 2.11 bits per heavy atom. The van der Waals surface area contributed by atoms with Crippen LogP contribution in [0.3, 0.4) is 0 Å². The van der Waals surface area contributed by atoms with Crippen LogP contribution >= 0.6 is 11.3 Å². The first-order valence-corrected chi connectivity index (χ1v) is 7.21. The molecule has 1 N–H and O–H groups in total. The summed E-state index contributed by atoms with van der Waals surface area (Å²) in [6.45, 7) is 4.24. The Bertz CT molecular complexity index is 513. The Labute approximate surface area is 113 Å². The predicted octanol–water partition coefficient (Wildman–Crippen LogP) is 2.86. The van der Waals surface area contributed by atoms with Crippen LogP contribution in [0, 0.1) is 6.92 Å². The van der Waals surface area contributed by atoms with E-state index in [1.165, 1.54) is 15.4 Å². The second kappa shape index (κ2) is 5.67. The minimum absolute atomic E-state index is 0.333. The van der Waals surface area contributed by atoms with Crippen molar-refractivity contribution in [3.05, 3.63) is 39.3 Å². The highest BCUT2D eigenvalue weighted by molar-refractivity contribution is 7.11. The zero-order chi connectivity index (χ0) is 13.1. The summed E-state index contributed by atoms with van der Waals surface area (Å²) in [4.78, 5) is 2.89. The van der Waals surface area contributed by atoms with E-state index in [1.807, 2.05) is 37.0 Å². The van der Waals surface area contributed by atoms with E-state index in [2.05, 4.69) is 35.5 Å². The van der Waals surface area contributed by atoms with Crippen LogP contribution < -0.4 is 5.32 Å². The Kier molecular flexibility index (Phi) is 4.19. The van der Waals surface area contributed by atoms with E-state index in [-0.39, 0.29) is 0 Å². The molecule has 2 rings (SSSR count). The molecule has 0 amide bonds. The second-order valence-corrected chi connectivity index (χ2v) is 5.85. The van der Waals surface area contributed by atoms with Gasteiger partial charge in [-0.2, -0.15) is 5.10 Å². The van der Waals surface area contributed by atoms with Crippen molar-refractivity contribution in [2.24, 2.45) is 7.05 Å². The third-order valence-electron chi connectivity index (χ3n) is 3.21. The number of aromatic nitrogens is 2. The molecule has 0 aliphatic rings. The van der Waals surface area contributed by atoms with Gasteiger partial charge in [0.05, 0.1) is 17.4 Å². The van der Waals surface area contributed by atoms with Crippen LogP contribution in [0.15, 0.2) is 18.2 Å². The molecule has 2 aromatic rings. The summed E-state index contributed by atoms with van der Waals surface area (Å²) in [6, 6.07) is 6.98. The van der Waals surface area contributed by atoms with Crippen LogP contribution in [0.25, 0.3) is 0 Å². The summed E-state index contributed by atoms with van der Waals surface area (Å²) in [5, 5.41) is 7.82. The van der Waals surface area contributed by atoms with Crippen molar-refractivity contribution in [2.75, 3.05) is 7.05 Å². The van der Waals surface area contributed by atoms with Crippen LogP contribution in [-0.4, -0.2) is 16.8 Å². The number of likely N-dealkylation sites (N-methyl/N-ethyl adjacent to an activating group) is 1. The van der Waals surface area contributed by atoms with E-state index in [1.54, 1.807) is 0 Å². The number of thiophene rings is 1. The standard InChI is InChI=1S/C14H21N3S/c1-5-11-6-7-12(18-11)9-13(15-3)14-8-10(2)16-17(14)4/h6-8,13,15H,5,9H2,1-4H3. The van der Waals surface area contributed by atoms with Crippen molar-refractivity contribution < 1.29 is 0 Å². The monoisotopic (exact) mass is 263 g/mol. The molecular formula is C14H21N3S. The summed E-state index contributed by atoms with van der Waals surface area (Å²) in [5.41, 5.74) is 2.33. The first kappa shape index (κ1) is 13.3. The van der Waals surface area contributed by atoms with Crippen molar-refractivity contribution in [1.29, 1.82) is 0 Å². The summed E-state index contributed by atoms with van der Waals surface area (Å²) < 4.78 is 1.98. The van der Waals surface area contributed by atoms with E-state index >= 15 is 0 Å². The molecule has 2 heterocycles. The highest BCUT2D eigenvalue weighted by Gasteiger charge is 2.15. The maximum atomic E-state index is 4.42. The van der Waals surface area contributed by atoms with E-state index in [0.717, 1.165) is 18.5 Å². The van der Waals surface area contributed by atoms with Crippen LogP contribution in [0.4, 0.5) is 0 Å². The summed E-state index contributed by atoms with van der Waals surface area (Å²) in [5.74, 6) is 0. The fraction of sp³-hybridized carbons (Fsp3) is 0.500. The first-order chi connectivity index (χ1) is 8.63. The van der Waals surface area contributed by atoms with Gasteiger partial charge in [0.2, 0.25) is 0 Å². The molecule has 0 aliphatic heterocycles. The summed E-state index contributed by atoms with van der Waals surface area (Å²) in [7, 11) is 4.03. The molecule has 3 nitrogen and oxygen atoms in total. The highest BCUT2D eigenvalue weighted by atomic mass is 32.1.